The molecule has 0 heterocycles. The maximum Gasteiger partial charge on any atom is 0.338 e. The summed E-state index contributed by atoms with van der Waals surface area (Å²) in [7, 11) is 3.24. The van der Waals surface area contributed by atoms with Gasteiger partial charge < -0.3 is 14.2 Å². The molecule has 0 bridgehead atoms. The maximum absolute atomic E-state index is 11.8. The highest BCUT2D eigenvalue weighted by molar-refractivity contribution is 5.90. The fourth-order valence-corrected chi connectivity index (χ4v) is 2.20. The van der Waals surface area contributed by atoms with Gasteiger partial charge in [0.25, 0.3) is 0 Å². The van der Waals surface area contributed by atoms with Gasteiger partial charge in [0.1, 0.15) is 11.5 Å². The maximum atomic E-state index is 11.8. The van der Waals surface area contributed by atoms with Gasteiger partial charge in [-0.2, -0.15) is 0 Å². The number of carbonyl (C=O) groups excluding carboxylic acids is 1. The molecule has 22 heavy (non-hydrogen) atoms. The van der Waals surface area contributed by atoms with Gasteiger partial charge in [-0.1, -0.05) is 18.2 Å². The summed E-state index contributed by atoms with van der Waals surface area (Å²) in [6, 6.07) is 13.3. The molecule has 0 atom stereocenters. The third-order valence-corrected chi connectivity index (χ3v) is 3.35. The van der Waals surface area contributed by atoms with E-state index in [1.54, 1.807) is 33.3 Å². The van der Waals surface area contributed by atoms with Crippen LogP contribution < -0.4 is 9.47 Å². The number of benzene rings is 2. The molecule has 2 aromatic rings. The minimum absolute atomic E-state index is 0.336. The van der Waals surface area contributed by atoms with Crippen molar-refractivity contribution in [3.05, 3.63) is 59.2 Å². The lowest BCUT2D eigenvalue weighted by Crippen LogP contribution is -2.05. The normalized spacial score (nSPS) is 10.1. The van der Waals surface area contributed by atoms with Crippen molar-refractivity contribution < 1.29 is 19.0 Å². The molecule has 0 amide bonds. The topological polar surface area (TPSA) is 44.8 Å². The van der Waals surface area contributed by atoms with Crippen LogP contribution in [0.2, 0.25) is 0 Å². The van der Waals surface area contributed by atoms with Gasteiger partial charge in [0.15, 0.2) is 0 Å². The Bertz CT molecular complexity index is 632. The number of hydrogen-bond donors (Lipinski definition) is 0. The summed E-state index contributed by atoms with van der Waals surface area (Å²) in [5.41, 5.74) is 2.65. The van der Waals surface area contributed by atoms with E-state index in [-0.39, 0.29) is 5.97 Å². The molecule has 0 aliphatic heterocycles. The molecule has 2 rings (SSSR count). The van der Waals surface area contributed by atoms with E-state index in [0.29, 0.717) is 17.9 Å². The van der Waals surface area contributed by atoms with Gasteiger partial charge in [-0.05, 0) is 42.3 Å². The summed E-state index contributed by atoms with van der Waals surface area (Å²) in [6.07, 6.45) is 0.719. The van der Waals surface area contributed by atoms with Gasteiger partial charge in [0.2, 0.25) is 0 Å². The lowest BCUT2D eigenvalue weighted by Gasteiger charge is -2.11. The highest BCUT2D eigenvalue weighted by Crippen LogP contribution is 2.24. The Morgan fingerprint density at radius 1 is 1.00 bits per heavy atom. The second-order valence-electron chi connectivity index (χ2n) is 4.77. The first-order chi connectivity index (χ1) is 10.7. The molecule has 0 aliphatic rings. The third-order valence-electron chi connectivity index (χ3n) is 3.35. The summed E-state index contributed by atoms with van der Waals surface area (Å²) in [5.74, 6) is 1.17. The Labute approximate surface area is 130 Å². The lowest BCUT2D eigenvalue weighted by atomic mass is 10.0. The molecule has 4 heteroatoms. The Morgan fingerprint density at radius 3 is 2.32 bits per heavy atom. The zero-order valence-electron chi connectivity index (χ0n) is 13.1. The molecule has 0 saturated carbocycles. The van der Waals surface area contributed by atoms with Gasteiger partial charge in [0.05, 0.1) is 26.4 Å². The summed E-state index contributed by atoms with van der Waals surface area (Å²) in [5, 5.41) is 0. The number of carbonyl (C=O) groups is 1. The zero-order chi connectivity index (χ0) is 15.9. The van der Waals surface area contributed by atoms with E-state index in [1.807, 2.05) is 30.3 Å². The van der Waals surface area contributed by atoms with Crippen molar-refractivity contribution in [1.29, 1.82) is 0 Å². The smallest absolute Gasteiger partial charge is 0.338 e. The van der Waals surface area contributed by atoms with Crippen molar-refractivity contribution in [3.8, 4) is 11.5 Å². The zero-order valence-corrected chi connectivity index (χ0v) is 13.1. The van der Waals surface area contributed by atoms with Crippen molar-refractivity contribution in [2.75, 3.05) is 20.8 Å². The van der Waals surface area contributed by atoms with E-state index in [0.717, 1.165) is 23.3 Å². The molecule has 4 nitrogen and oxygen atoms in total. The Hall–Kier alpha value is -2.49. The van der Waals surface area contributed by atoms with Crippen LogP contribution in [0, 0.1) is 0 Å². The van der Waals surface area contributed by atoms with Gasteiger partial charge >= 0.3 is 5.97 Å². The predicted molar refractivity (Wildman–Crippen MR) is 84.8 cm³/mol. The Morgan fingerprint density at radius 2 is 1.73 bits per heavy atom. The van der Waals surface area contributed by atoms with Crippen molar-refractivity contribution in [1.82, 2.24) is 0 Å². The largest absolute Gasteiger partial charge is 0.497 e. The van der Waals surface area contributed by atoms with Crippen LogP contribution in [0.15, 0.2) is 42.5 Å². The quantitative estimate of drug-likeness (QED) is 0.766. The van der Waals surface area contributed by atoms with E-state index in [4.69, 9.17) is 14.2 Å². The minimum atomic E-state index is -0.336. The summed E-state index contributed by atoms with van der Waals surface area (Å²) in [4.78, 5) is 11.8. The molecule has 0 N–H and O–H groups in total. The number of ether oxygens (including phenoxy) is 3. The van der Waals surface area contributed by atoms with Crippen LogP contribution in [0.1, 0.15) is 28.4 Å². The number of hydrogen-bond acceptors (Lipinski definition) is 4. The fourth-order valence-electron chi connectivity index (χ4n) is 2.20. The molecule has 0 aliphatic carbocycles. The molecule has 0 fully saturated rings. The van der Waals surface area contributed by atoms with Crippen molar-refractivity contribution in [2.24, 2.45) is 0 Å². The number of rotatable bonds is 6. The Kier molecular flexibility index (Phi) is 5.42. The average Bonchev–Trinajstić information content (AvgIpc) is 2.56. The van der Waals surface area contributed by atoms with Gasteiger partial charge in [0, 0.05) is 6.42 Å². The Balaban J connectivity index is 2.21. The summed E-state index contributed by atoms with van der Waals surface area (Å²) < 4.78 is 15.6. The first kappa shape index (κ1) is 15.9. The van der Waals surface area contributed by atoms with Crippen LogP contribution in [0.5, 0.6) is 11.5 Å². The second-order valence-corrected chi connectivity index (χ2v) is 4.77. The molecule has 2 aromatic carbocycles. The van der Waals surface area contributed by atoms with E-state index in [9.17, 15) is 4.79 Å². The van der Waals surface area contributed by atoms with Crippen LogP contribution in [-0.2, 0) is 11.2 Å². The second kappa shape index (κ2) is 7.50. The molecule has 0 aromatic heterocycles. The highest BCUT2D eigenvalue weighted by Gasteiger charge is 2.11. The highest BCUT2D eigenvalue weighted by atomic mass is 16.5. The van der Waals surface area contributed by atoms with Gasteiger partial charge in [-0.15, -0.1) is 0 Å². The molecule has 0 unspecified atom stereocenters. The van der Waals surface area contributed by atoms with Gasteiger partial charge in [-0.3, -0.25) is 0 Å². The lowest BCUT2D eigenvalue weighted by molar-refractivity contribution is 0.0526. The third kappa shape index (κ3) is 3.79. The average molecular weight is 300 g/mol. The van der Waals surface area contributed by atoms with Crippen LogP contribution >= 0.6 is 0 Å². The van der Waals surface area contributed by atoms with Gasteiger partial charge in [-0.25, -0.2) is 4.79 Å². The molecule has 0 radical (unpaired) electrons. The molecule has 0 saturated heterocycles. The predicted octanol–water partition coefficient (Wildman–Crippen LogP) is 3.47. The molecular weight excluding hydrogens is 280 g/mol. The minimum Gasteiger partial charge on any atom is -0.497 e. The van der Waals surface area contributed by atoms with E-state index < -0.39 is 0 Å². The van der Waals surface area contributed by atoms with E-state index in [2.05, 4.69) is 0 Å². The van der Waals surface area contributed by atoms with Crippen molar-refractivity contribution in [3.63, 3.8) is 0 Å². The van der Waals surface area contributed by atoms with Crippen LogP contribution in [0.3, 0.4) is 0 Å². The summed E-state index contributed by atoms with van der Waals surface area (Å²) >= 11 is 0. The van der Waals surface area contributed by atoms with Crippen LogP contribution in [-0.4, -0.2) is 26.8 Å². The van der Waals surface area contributed by atoms with Crippen molar-refractivity contribution >= 4 is 5.97 Å². The van der Waals surface area contributed by atoms with E-state index >= 15 is 0 Å². The van der Waals surface area contributed by atoms with Crippen molar-refractivity contribution in [2.45, 2.75) is 13.3 Å². The molecular formula is C18H20O4. The van der Waals surface area contributed by atoms with Crippen LogP contribution in [0.4, 0.5) is 0 Å². The molecule has 116 valence electrons. The fraction of sp³-hybridized carbons (Fsp3) is 0.278. The molecule has 0 spiro atoms. The number of esters is 1. The number of methoxy groups -OCH3 is 2. The summed E-state index contributed by atoms with van der Waals surface area (Å²) in [6.45, 7) is 2.14. The monoisotopic (exact) mass is 300 g/mol. The first-order valence-corrected chi connectivity index (χ1v) is 7.15. The SMILES string of the molecule is CCOC(=O)c1ccc(Cc2ccc(OC)cc2)c(OC)c1. The standard InChI is InChI=1S/C18H20O4/c1-4-22-18(19)15-8-7-14(17(12-15)21-3)11-13-5-9-16(20-2)10-6-13/h5-10,12H,4,11H2,1-3H3. The first-order valence-electron chi connectivity index (χ1n) is 7.15. The van der Waals surface area contributed by atoms with Crippen LogP contribution in [0.25, 0.3) is 0 Å². The van der Waals surface area contributed by atoms with E-state index in [1.165, 1.54) is 0 Å².